The number of methoxy groups -OCH3 is 1. The van der Waals surface area contributed by atoms with Gasteiger partial charge in [0.05, 0.1) is 5.60 Å². The fraction of sp³-hybridized carbons (Fsp3) is 0.818. The van der Waals surface area contributed by atoms with E-state index in [0.717, 1.165) is 0 Å². The maximum absolute atomic E-state index is 11.5. The number of nitrogens with one attached hydrogen (secondary N) is 2. The first kappa shape index (κ1) is 15.9. The van der Waals surface area contributed by atoms with Crippen molar-refractivity contribution in [3.8, 4) is 0 Å². The Morgan fingerprint density at radius 1 is 1.47 bits per heavy atom. The average molecular weight is 246 g/mol. The normalized spacial score (nSPS) is 15.8. The van der Waals surface area contributed by atoms with Crippen molar-refractivity contribution in [2.24, 2.45) is 0 Å². The van der Waals surface area contributed by atoms with Crippen LogP contribution in [0.3, 0.4) is 0 Å². The van der Waals surface area contributed by atoms with Crippen molar-refractivity contribution in [3.63, 3.8) is 0 Å². The van der Waals surface area contributed by atoms with Crippen molar-refractivity contribution in [2.75, 3.05) is 20.3 Å². The van der Waals surface area contributed by atoms with Gasteiger partial charge in [-0.25, -0.2) is 0 Å². The van der Waals surface area contributed by atoms with Crippen LogP contribution in [0.15, 0.2) is 0 Å². The summed E-state index contributed by atoms with van der Waals surface area (Å²) in [6, 6.07) is -0.606. The first-order valence-corrected chi connectivity index (χ1v) is 5.54. The number of amides is 2. The molecule has 0 aromatic rings. The summed E-state index contributed by atoms with van der Waals surface area (Å²) >= 11 is 0. The SMILES string of the molecule is COCCC(C)(O)CNC(=O)C(C)NC(C)=O. The third kappa shape index (κ3) is 7.70. The zero-order valence-electron chi connectivity index (χ0n) is 10.9. The van der Waals surface area contributed by atoms with E-state index in [1.807, 2.05) is 0 Å². The van der Waals surface area contributed by atoms with Crippen LogP contribution in [0.25, 0.3) is 0 Å². The second-order valence-corrected chi connectivity index (χ2v) is 4.38. The van der Waals surface area contributed by atoms with Gasteiger partial charge in [0, 0.05) is 33.6 Å². The monoisotopic (exact) mass is 246 g/mol. The molecule has 0 bridgehead atoms. The molecular formula is C11H22N2O4. The number of carbonyl (C=O) groups is 2. The maximum atomic E-state index is 11.5. The van der Waals surface area contributed by atoms with Gasteiger partial charge in [0.1, 0.15) is 6.04 Å². The van der Waals surface area contributed by atoms with Crippen LogP contribution in [0.4, 0.5) is 0 Å². The average Bonchev–Trinajstić information content (AvgIpc) is 2.22. The van der Waals surface area contributed by atoms with E-state index in [9.17, 15) is 14.7 Å². The van der Waals surface area contributed by atoms with Gasteiger partial charge in [0.2, 0.25) is 11.8 Å². The number of rotatable bonds is 7. The van der Waals surface area contributed by atoms with Gasteiger partial charge in [0.25, 0.3) is 0 Å². The summed E-state index contributed by atoms with van der Waals surface area (Å²) in [5.74, 6) is -0.586. The van der Waals surface area contributed by atoms with Gasteiger partial charge in [-0.2, -0.15) is 0 Å². The lowest BCUT2D eigenvalue weighted by atomic mass is 10.0. The Morgan fingerprint density at radius 3 is 2.53 bits per heavy atom. The summed E-state index contributed by atoms with van der Waals surface area (Å²) in [5.41, 5.74) is -1.01. The molecule has 3 N–H and O–H groups in total. The Kier molecular flexibility index (Phi) is 6.75. The highest BCUT2D eigenvalue weighted by molar-refractivity contribution is 5.86. The molecule has 100 valence electrons. The van der Waals surface area contributed by atoms with Crippen LogP contribution in [-0.2, 0) is 14.3 Å². The van der Waals surface area contributed by atoms with Crippen LogP contribution in [-0.4, -0.2) is 48.8 Å². The first-order chi connectivity index (χ1) is 7.78. The molecule has 6 heteroatoms. The Hall–Kier alpha value is -1.14. The van der Waals surface area contributed by atoms with Crippen LogP contribution < -0.4 is 10.6 Å². The Bertz CT molecular complexity index is 266. The third-order valence-corrected chi connectivity index (χ3v) is 2.30. The van der Waals surface area contributed by atoms with Gasteiger partial charge in [-0.1, -0.05) is 0 Å². The van der Waals surface area contributed by atoms with Crippen LogP contribution >= 0.6 is 0 Å². The van der Waals surface area contributed by atoms with E-state index in [2.05, 4.69) is 10.6 Å². The second kappa shape index (κ2) is 7.24. The molecule has 0 aromatic carbocycles. The predicted molar refractivity (Wildman–Crippen MR) is 63.4 cm³/mol. The zero-order valence-corrected chi connectivity index (χ0v) is 10.9. The minimum atomic E-state index is -1.01. The number of ether oxygens (including phenoxy) is 1. The Morgan fingerprint density at radius 2 is 2.06 bits per heavy atom. The van der Waals surface area contributed by atoms with Crippen LogP contribution in [0, 0.1) is 0 Å². The second-order valence-electron chi connectivity index (χ2n) is 4.38. The van der Waals surface area contributed by atoms with E-state index in [-0.39, 0.29) is 18.4 Å². The third-order valence-electron chi connectivity index (χ3n) is 2.30. The summed E-state index contributed by atoms with van der Waals surface area (Å²) in [6.45, 7) is 5.09. The fourth-order valence-corrected chi connectivity index (χ4v) is 1.21. The number of hydrogen-bond donors (Lipinski definition) is 3. The van der Waals surface area contributed by atoms with E-state index < -0.39 is 11.6 Å². The van der Waals surface area contributed by atoms with Crippen LogP contribution in [0.2, 0.25) is 0 Å². The fourth-order valence-electron chi connectivity index (χ4n) is 1.21. The van der Waals surface area contributed by atoms with Crippen LogP contribution in [0.5, 0.6) is 0 Å². The van der Waals surface area contributed by atoms with E-state index in [0.29, 0.717) is 13.0 Å². The summed E-state index contributed by atoms with van der Waals surface area (Å²) in [6.07, 6.45) is 0.429. The Labute approximate surface area is 102 Å². The lowest BCUT2D eigenvalue weighted by Gasteiger charge is -2.24. The van der Waals surface area contributed by atoms with E-state index in [4.69, 9.17) is 4.74 Å². The zero-order chi connectivity index (χ0) is 13.5. The molecular weight excluding hydrogens is 224 g/mol. The lowest BCUT2D eigenvalue weighted by Crippen LogP contribution is -2.48. The molecule has 17 heavy (non-hydrogen) atoms. The molecule has 0 aliphatic rings. The molecule has 0 aliphatic carbocycles. The van der Waals surface area contributed by atoms with Gasteiger partial charge in [0.15, 0.2) is 0 Å². The highest BCUT2D eigenvalue weighted by Gasteiger charge is 2.22. The predicted octanol–water partition coefficient (Wildman–Crippen LogP) is -0.585. The minimum Gasteiger partial charge on any atom is -0.388 e. The lowest BCUT2D eigenvalue weighted by molar-refractivity contribution is -0.128. The molecule has 0 aromatic heterocycles. The molecule has 2 amide bonds. The topological polar surface area (TPSA) is 87.7 Å². The smallest absolute Gasteiger partial charge is 0.242 e. The standard InChI is InChI=1S/C11H22N2O4/c1-8(13-9(2)14)10(15)12-7-11(3,16)5-6-17-4/h8,16H,5-7H2,1-4H3,(H,12,15)(H,13,14). The quantitative estimate of drug-likeness (QED) is 0.560. The molecule has 0 aliphatic heterocycles. The van der Waals surface area contributed by atoms with E-state index in [1.165, 1.54) is 6.92 Å². The van der Waals surface area contributed by atoms with Crippen molar-refractivity contribution >= 4 is 11.8 Å². The molecule has 0 radical (unpaired) electrons. The van der Waals surface area contributed by atoms with Crippen molar-refractivity contribution < 1.29 is 19.4 Å². The maximum Gasteiger partial charge on any atom is 0.242 e. The summed E-state index contributed by atoms with van der Waals surface area (Å²) in [5, 5.41) is 14.9. The van der Waals surface area contributed by atoms with Crippen molar-refractivity contribution in [2.45, 2.75) is 38.8 Å². The van der Waals surface area contributed by atoms with E-state index in [1.54, 1.807) is 21.0 Å². The molecule has 0 saturated heterocycles. The number of hydrogen-bond acceptors (Lipinski definition) is 4. The molecule has 0 fully saturated rings. The summed E-state index contributed by atoms with van der Waals surface area (Å²) < 4.78 is 4.85. The van der Waals surface area contributed by atoms with Crippen LogP contribution in [0.1, 0.15) is 27.2 Å². The molecule has 2 unspecified atom stereocenters. The van der Waals surface area contributed by atoms with E-state index >= 15 is 0 Å². The van der Waals surface area contributed by atoms with Gasteiger partial charge >= 0.3 is 0 Å². The van der Waals surface area contributed by atoms with Crippen molar-refractivity contribution in [3.05, 3.63) is 0 Å². The Balaban J connectivity index is 4.01. The first-order valence-electron chi connectivity index (χ1n) is 5.54. The molecule has 2 atom stereocenters. The van der Waals surface area contributed by atoms with Gasteiger partial charge < -0.3 is 20.5 Å². The van der Waals surface area contributed by atoms with Gasteiger partial charge in [-0.05, 0) is 13.8 Å². The number of aliphatic hydroxyl groups is 1. The summed E-state index contributed by atoms with van der Waals surface area (Å²) in [7, 11) is 1.55. The molecule has 0 heterocycles. The molecule has 0 saturated carbocycles. The van der Waals surface area contributed by atoms with Gasteiger partial charge in [-0.15, -0.1) is 0 Å². The highest BCUT2D eigenvalue weighted by atomic mass is 16.5. The van der Waals surface area contributed by atoms with Gasteiger partial charge in [-0.3, -0.25) is 9.59 Å². The number of carbonyl (C=O) groups excluding carboxylic acids is 2. The highest BCUT2D eigenvalue weighted by Crippen LogP contribution is 2.07. The summed E-state index contributed by atoms with van der Waals surface area (Å²) in [4.78, 5) is 22.3. The largest absolute Gasteiger partial charge is 0.388 e. The van der Waals surface area contributed by atoms with Crippen molar-refractivity contribution in [1.82, 2.24) is 10.6 Å². The minimum absolute atomic E-state index is 0.124. The molecule has 6 nitrogen and oxygen atoms in total. The molecule has 0 spiro atoms. The van der Waals surface area contributed by atoms with Crippen molar-refractivity contribution in [1.29, 1.82) is 0 Å². The molecule has 0 rings (SSSR count).